The highest BCUT2D eigenvalue weighted by Crippen LogP contribution is 2.44. The highest BCUT2D eigenvalue weighted by Gasteiger charge is 2.44. The average molecular weight is 561 g/mol. The summed E-state index contributed by atoms with van der Waals surface area (Å²) in [6.45, 7) is 0.847. The Morgan fingerprint density at radius 1 is 1.02 bits per heavy atom. The second kappa shape index (κ2) is 10.2. The molecule has 41 heavy (non-hydrogen) atoms. The molecule has 0 radical (unpaired) electrons. The van der Waals surface area contributed by atoms with E-state index >= 15 is 0 Å². The van der Waals surface area contributed by atoms with Crippen molar-refractivity contribution >= 4 is 22.4 Å². The molecule has 0 N–H and O–H groups in total. The maximum atomic E-state index is 13.7. The lowest BCUT2D eigenvalue weighted by molar-refractivity contribution is -0.286. The summed E-state index contributed by atoms with van der Waals surface area (Å²) in [5.74, 6) is 0.647. The fourth-order valence-corrected chi connectivity index (χ4v) is 6.37. The predicted molar refractivity (Wildman–Crippen MR) is 148 cm³/mol. The SMILES string of the molecule is CN(c1c(C#N)c(=O)n(C)c2ccc(C#N)nc12)C1CCC(N(CC2CCC2)c2ccc3c(c2)OC(F)(F)O3)CC1. The van der Waals surface area contributed by atoms with Crippen LogP contribution in [0.2, 0.25) is 0 Å². The van der Waals surface area contributed by atoms with Gasteiger partial charge in [-0.2, -0.15) is 10.5 Å². The van der Waals surface area contributed by atoms with Crippen molar-refractivity contribution in [3.8, 4) is 23.6 Å². The number of aryl methyl sites for hydroxylation is 1. The van der Waals surface area contributed by atoms with Crippen molar-refractivity contribution in [2.75, 3.05) is 23.4 Å². The van der Waals surface area contributed by atoms with E-state index < -0.39 is 11.9 Å². The van der Waals surface area contributed by atoms with Crippen LogP contribution < -0.4 is 24.8 Å². The van der Waals surface area contributed by atoms with Gasteiger partial charge in [0.2, 0.25) is 0 Å². The van der Waals surface area contributed by atoms with Crippen molar-refractivity contribution < 1.29 is 18.3 Å². The maximum Gasteiger partial charge on any atom is 0.586 e. The quantitative estimate of drug-likeness (QED) is 0.412. The van der Waals surface area contributed by atoms with Crippen LogP contribution in [0.1, 0.15) is 56.2 Å². The predicted octanol–water partition coefficient (Wildman–Crippen LogP) is 5.05. The summed E-state index contributed by atoms with van der Waals surface area (Å²) < 4.78 is 38.1. The van der Waals surface area contributed by atoms with Crippen LogP contribution in [0.5, 0.6) is 11.5 Å². The van der Waals surface area contributed by atoms with Crippen LogP contribution in [0.15, 0.2) is 35.1 Å². The van der Waals surface area contributed by atoms with Crippen LogP contribution in [0.4, 0.5) is 20.2 Å². The maximum absolute atomic E-state index is 13.7. The molecule has 0 saturated heterocycles. The molecule has 0 atom stereocenters. The van der Waals surface area contributed by atoms with Gasteiger partial charge in [-0.1, -0.05) is 6.42 Å². The van der Waals surface area contributed by atoms with Gasteiger partial charge in [0.15, 0.2) is 11.5 Å². The molecule has 3 aromatic rings. The Bertz CT molecular complexity index is 1650. The lowest BCUT2D eigenvalue weighted by Gasteiger charge is -2.44. The van der Waals surface area contributed by atoms with E-state index in [1.54, 1.807) is 31.3 Å². The molecule has 2 aliphatic carbocycles. The third-order valence-corrected chi connectivity index (χ3v) is 8.84. The van der Waals surface area contributed by atoms with E-state index in [0.717, 1.165) is 50.8 Å². The number of nitrogens with zero attached hydrogens (tertiary/aromatic N) is 6. The minimum absolute atomic E-state index is 0.0102. The van der Waals surface area contributed by atoms with Gasteiger partial charge in [0.05, 0.1) is 11.2 Å². The summed E-state index contributed by atoms with van der Waals surface area (Å²) in [5, 5.41) is 19.4. The first-order valence-electron chi connectivity index (χ1n) is 13.9. The topological polar surface area (TPSA) is 107 Å². The van der Waals surface area contributed by atoms with Gasteiger partial charge in [-0.3, -0.25) is 4.79 Å². The van der Waals surface area contributed by atoms with Gasteiger partial charge in [0.25, 0.3) is 5.56 Å². The number of hydrogen-bond donors (Lipinski definition) is 0. The fraction of sp³-hybridized carbons (Fsp3) is 0.467. The monoisotopic (exact) mass is 560 g/mol. The lowest BCUT2D eigenvalue weighted by Crippen LogP contribution is -2.46. The molecule has 2 aromatic heterocycles. The molecule has 2 saturated carbocycles. The highest BCUT2D eigenvalue weighted by molar-refractivity contribution is 5.92. The number of rotatable bonds is 6. The first-order chi connectivity index (χ1) is 19.7. The summed E-state index contributed by atoms with van der Waals surface area (Å²) in [7, 11) is 3.48. The first kappa shape index (κ1) is 26.8. The van der Waals surface area contributed by atoms with Gasteiger partial charge in [0, 0.05) is 44.5 Å². The van der Waals surface area contributed by atoms with E-state index in [1.807, 2.05) is 18.0 Å². The molecule has 212 valence electrons. The van der Waals surface area contributed by atoms with E-state index in [4.69, 9.17) is 4.74 Å². The fourth-order valence-electron chi connectivity index (χ4n) is 6.37. The normalized spacial score (nSPS) is 21.1. The number of alkyl halides is 2. The van der Waals surface area contributed by atoms with Crippen LogP contribution in [0.25, 0.3) is 11.0 Å². The molecule has 6 rings (SSSR count). The highest BCUT2D eigenvalue weighted by atomic mass is 19.3. The molecule has 0 amide bonds. The minimum Gasteiger partial charge on any atom is -0.395 e. The summed E-state index contributed by atoms with van der Waals surface area (Å²) >= 11 is 0. The molecule has 1 aromatic carbocycles. The Hall–Kier alpha value is -4.38. The van der Waals surface area contributed by atoms with Crippen molar-refractivity contribution in [3.05, 3.63) is 51.9 Å². The number of anilines is 2. The molecule has 3 aliphatic rings. The van der Waals surface area contributed by atoms with Crippen LogP contribution >= 0.6 is 0 Å². The molecule has 9 nitrogen and oxygen atoms in total. The number of fused-ring (bicyclic) bond motifs is 2. The van der Waals surface area contributed by atoms with Gasteiger partial charge in [-0.15, -0.1) is 8.78 Å². The standard InChI is InChI=1S/C30H30F2N6O3/c1-36(28-23(16-34)29(39)37(2)24-12-6-19(15-33)35-27(24)28)20-7-9-21(10-8-20)38(17-18-4-3-5-18)22-11-13-25-26(14-22)41-30(31,32)40-25/h6,11-14,18,20-21H,3-5,7-10,17H2,1-2H3. The van der Waals surface area contributed by atoms with E-state index in [1.165, 1.54) is 11.0 Å². The number of nitriles is 2. The number of pyridine rings is 2. The molecule has 0 spiro atoms. The van der Waals surface area contributed by atoms with Crippen LogP contribution in [-0.2, 0) is 7.05 Å². The molecule has 0 unspecified atom stereocenters. The van der Waals surface area contributed by atoms with Gasteiger partial charge < -0.3 is 23.8 Å². The van der Waals surface area contributed by atoms with E-state index in [2.05, 4.69) is 26.8 Å². The summed E-state index contributed by atoms with van der Waals surface area (Å²) in [6, 6.07) is 12.6. The Labute approximate surface area is 236 Å². The Morgan fingerprint density at radius 3 is 2.39 bits per heavy atom. The van der Waals surface area contributed by atoms with Gasteiger partial charge in [-0.25, -0.2) is 4.98 Å². The van der Waals surface area contributed by atoms with Gasteiger partial charge in [-0.05, 0) is 68.7 Å². The minimum atomic E-state index is -3.66. The zero-order valence-electron chi connectivity index (χ0n) is 22.9. The van der Waals surface area contributed by atoms with Crippen molar-refractivity contribution in [3.63, 3.8) is 0 Å². The molecular formula is C30H30F2N6O3. The first-order valence-corrected chi connectivity index (χ1v) is 13.9. The van der Waals surface area contributed by atoms with Crippen LogP contribution in [-0.4, -0.2) is 41.5 Å². The van der Waals surface area contributed by atoms with E-state index in [-0.39, 0.29) is 34.8 Å². The van der Waals surface area contributed by atoms with Crippen molar-refractivity contribution in [2.45, 2.75) is 63.3 Å². The zero-order valence-corrected chi connectivity index (χ0v) is 22.9. The molecule has 1 aliphatic heterocycles. The summed E-state index contributed by atoms with van der Waals surface area (Å²) in [5.41, 5.74) is 2.13. The number of aromatic nitrogens is 2. The summed E-state index contributed by atoms with van der Waals surface area (Å²) in [6.07, 6.45) is 3.13. The van der Waals surface area contributed by atoms with Gasteiger partial charge >= 0.3 is 6.29 Å². The largest absolute Gasteiger partial charge is 0.586 e. The number of halogens is 2. The van der Waals surface area contributed by atoms with Crippen molar-refractivity contribution in [2.24, 2.45) is 13.0 Å². The Morgan fingerprint density at radius 2 is 1.73 bits per heavy atom. The summed E-state index contributed by atoms with van der Waals surface area (Å²) in [4.78, 5) is 21.9. The Balaban J connectivity index is 1.27. The van der Waals surface area contributed by atoms with Crippen LogP contribution in [0.3, 0.4) is 0 Å². The third-order valence-electron chi connectivity index (χ3n) is 8.84. The lowest BCUT2D eigenvalue weighted by atomic mass is 9.83. The average Bonchev–Trinajstić information content (AvgIpc) is 3.26. The zero-order chi connectivity index (χ0) is 28.9. The number of benzene rings is 1. The van der Waals surface area contributed by atoms with Crippen molar-refractivity contribution in [1.82, 2.24) is 9.55 Å². The van der Waals surface area contributed by atoms with Crippen molar-refractivity contribution in [1.29, 1.82) is 10.5 Å². The third kappa shape index (κ3) is 4.80. The molecule has 2 fully saturated rings. The smallest absolute Gasteiger partial charge is 0.395 e. The second-order valence-corrected chi connectivity index (χ2v) is 11.2. The molecule has 11 heteroatoms. The molecule has 0 bridgehead atoms. The van der Waals surface area contributed by atoms with Gasteiger partial charge in [0.1, 0.15) is 28.9 Å². The van der Waals surface area contributed by atoms with E-state index in [9.17, 15) is 24.1 Å². The van der Waals surface area contributed by atoms with Crippen LogP contribution in [0, 0.1) is 28.6 Å². The Kier molecular flexibility index (Phi) is 6.69. The number of hydrogen-bond acceptors (Lipinski definition) is 8. The molecule has 3 heterocycles. The number of ether oxygens (including phenoxy) is 2. The second-order valence-electron chi connectivity index (χ2n) is 11.2. The molecular weight excluding hydrogens is 530 g/mol. The van der Waals surface area contributed by atoms with E-state index in [0.29, 0.717) is 22.6 Å².